The van der Waals surface area contributed by atoms with Gasteiger partial charge in [0.25, 0.3) is 11.0 Å². The van der Waals surface area contributed by atoms with E-state index in [0.717, 1.165) is 0 Å². The number of hydrogen-bond acceptors (Lipinski definition) is 4. The van der Waals surface area contributed by atoms with Gasteiger partial charge in [0.1, 0.15) is 5.75 Å². The highest BCUT2D eigenvalue weighted by atomic mass is 35.5. The quantitative estimate of drug-likeness (QED) is 0.849. The van der Waals surface area contributed by atoms with Gasteiger partial charge in [-0.05, 0) is 24.3 Å². The van der Waals surface area contributed by atoms with Crippen LogP contribution in [0.5, 0.6) is 5.75 Å². The Labute approximate surface area is 128 Å². The van der Waals surface area contributed by atoms with Crippen LogP contribution in [0.4, 0.5) is 0 Å². The number of carbonyl (C=O) groups is 1. The van der Waals surface area contributed by atoms with Crippen molar-refractivity contribution in [2.45, 2.75) is 0 Å². The molecule has 0 fully saturated rings. The summed E-state index contributed by atoms with van der Waals surface area (Å²) in [5, 5.41) is 0.356. The van der Waals surface area contributed by atoms with Crippen LogP contribution in [0.15, 0.2) is 54.6 Å². The van der Waals surface area contributed by atoms with Crippen molar-refractivity contribution >= 4 is 40.3 Å². The van der Waals surface area contributed by atoms with Gasteiger partial charge in [-0.25, -0.2) is 0 Å². The zero-order chi connectivity index (χ0) is 15.0. The standard InChI is InChI=1S/C7H6OS.C6H5ClO3S/c8-7(9)6-4-2-1-3-5-6;7-5-1-3-6(4-2-5)10-11(8)9/h1-5H,(H,8,9);1-4,11H. The summed E-state index contributed by atoms with van der Waals surface area (Å²) in [5.41, 5.74) is 0.640. The topological polar surface area (TPSA) is 60.4 Å². The van der Waals surface area contributed by atoms with Crippen molar-refractivity contribution in [3.8, 4) is 5.75 Å². The SMILES string of the molecule is O=C(S)c1ccccc1.O=[SH](=O)Oc1ccc(Cl)cc1. The van der Waals surface area contributed by atoms with Crippen molar-refractivity contribution in [3.63, 3.8) is 0 Å². The van der Waals surface area contributed by atoms with E-state index in [4.69, 9.17) is 11.6 Å². The molecule has 0 radical (unpaired) electrons. The van der Waals surface area contributed by atoms with E-state index >= 15 is 0 Å². The average molecular weight is 331 g/mol. The molecule has 0 aliphatic carbocycles. The molecule has 7 heteroatoms. The van der Waals surface area contributed by atoms with Crippen LogP contribution >= 0.6 is 24.2 Å². The van der Waals surface area contributed by atoms with Crippen LogP contribution < -0.4 is 4.18 Å². The third kappa shape index (κ3) is 6.60. The van der Waals surface area contributed by atoms with E-state index < -0.39 is 11.0 Å². The number of benzene rings is 2. The molecule has 106 valence electrons. The lowest BCUT2D eigenvalue weighted by molar-refractivity contribution is 0.109. The Balaban J connectivity index is 0.000000204. The van der Waals surface area contributed by atoms with E-state index in [1.54, 1.807) is 24.3 Å². The van der Waals surface area contributed by atoms with E-state index in [1.165, 1.54) is 12.1 Å². The van der Waals surface area contributed by atoms with E-state index in [9.17, 15) is 13.2 Å². The summed E-state index contributed by atoms with van der Waals surface area (Å²) >= 11 is 9.19. The third-order valence-electron chi connectivity index (χ3n) is 2.01. The normalized spacial score (nSPS) is 9.55. The van der Waals surface area contributed by atoms with Crippen LogP contribution in [-0.2, 0) is 11.0 Å². The van der Waals surface area contributed by atoms with Gasteiger partial charge in [-0.2, -0.15) is 8.42 Å². The fourth-order valence-corrected chi connectivity index (χ4v) is 1.73. The van der Waals surface area contributed by atoms with Gasteiger partial charge in [-0.1, -0.05) is 41.9 Å². The van der Waals surface area contributed by atoms with Crippen molar-refractivity contribution in [3.05, 3.63) is 65.2 Å². The molecule has 0 bridgehead atoms. The Morgan fingerprint density at radius 3 is 1.95 bits per heavy atom. The number of hydrogen-bond donors (Lipinski definition) is 2. The van der Waals surface area contributed by atoms with E-state index in [1.807, 2.05) is 18.2 Å². The summed E-state index contributed by atoms with van der Waals surface area (Å²) in [5.74, 6) is 0.269. The molecule has 0 saturated heterocycles. The lowest BCUT2D eigenvalue weighted by Gasteiger charge is -1.95. The van der Waals surface area contributed by atoms with Crippen LogP contribution in [0.25, 0.3) is 0 Å². The minimum absolute atomic E-state index is 0.185. The first-order chi connectivity index (χ1) is 9.49. The molecule has 0 N–H and O–H groups in total. The number of rotatable bonds is 3. The zero-order valence-corrected chi connectivity index (χ0v) is 12.6. The van der Waals surface area contributed by atoms with Gasteiger partial charge in [-0.3, -0.25) is 4.79 Å². The predicted octanol–water partition coefficient (Wildman–Crippen LogP) is 3.00. The maximum atomic E-state index is 10.5. The molecule has 0 saturated carbocycles. The molecule has 0 amide bonds. The highest BCUT2D eigenvalue weighted by Gasteiger charge is 1.94. The molecule has 2 aromatic rings. The third-order valence-corrected chi connectivity index (χ3v) is 2.88. The van der Waals surface area contributed by atoms with Crippen LogP contribution in [0.1, 0.15) is 10.4 Å². The lowest BCUT2D eigenvalue weighted by Crippen LogP contribution is -1.88. The molecule has 0 aliphatic rings. The van der Waals surface area contributed by atoms with Crippen molar-refractivity contribution in [2.24, 2.45) is 0 Å². The van der Waals surface area contributed by atoms with Crippen LogP contribution in [0, 0.1) is 0 Å². The monoisotopic (exact) mass is 330 g/mol. The summed E-state index contributed by atoms with van der Waals surface area (Å²) in [6.45, 7) is 0. The van der Waals surface area contributed by atoms with Crippen LogP contribution in [0.3, 0.4) is 0 Å². The second kappa shape index (κ2) is 8.63. The minimum Gasteiger partial charge on any atom is -0.384 e. The van der Waals surface area contributed by atoms with Crippen molar-refractivity contribution in [2.75, 3.05) is 0 Å². The minimum atomic E-state index is -2.83. The number of halogens is 1. The van der Waals surface area contributed by atoms with E-state index in [2.05, 4.69) is 16.8 Å². The first kappa shape index (κ1) is 16.6. The second-order valence-corrected chi connectivity index (χ2v) is 4.91. The van der Waals surface area contributed by atoms with Gasteiger partial charge in [0, 0.05) is 10.6 Å². The Kier molecular flexibility index (Phi) is 7.14. The second-order valence-electron chi connectivity index (χ2n) is 3.44. The summed E-state index contributed by atoms with van der Waals surface area (Å²) in [7, 11) is -2.83. The number of carbonyl (C=O) groups excluding carboxylic acids is 1. The summed E-state index contributed by atoms with van der Waals surface area (Å²) in [6, 6.07) is 15.0. The molecule has 0 heterocycles. The Morgan fingerprint density at radius 1 is 1.00 bits per heavy atom. The van der Waals surface area contributed by atoms with Gasteiger partial charge < -0.3 is 4.18 Å². The molecular formula is C13H11ClO4S2. The fourth-order valence-electron chi connectivity index (χ4n) is 1.16. The largest absolute Gasteiger partial charge is 0.384 e. The highest BCUT2D eigenvalue weighted by Crippen LogP contribution is 2.15. The molecule has 0 atom stereocenters. The molecule has 2 aromatic carbocycles. The van der Waals surface area contributed by atoms with Gasteiger partial charge in [0.05, 0.1) is 0 Å². The van der Waals surface area contributed by atoms with E-state index in [-0.39, 0.29) is 10.9 Å². The molecule has 0 unspecified atom stereocenters. The Bertz CT molecular complexity index is 617. The molecule has 0 aliphatic heterocycles. The fraction of sp³-hybridized carbons (Fsp3) is 0. The highest BCUT2D eigenvalue weighted by molar-refractivity contribution is 7.97. The molecular weight excluding hydrogens is 320 g/mol. The van der Waals surface area contributed by atoms with Crippen molar-refractivity contribution in [1.82, 2.24) is 0 Å². The van der Waals surface area contributed by atoms with Crippen LogP contribution in [0.2, 0.25) is 5.02 Å². The number of thiol groups is 2. The lowest BCUT2D eigenvalue weighted by atomic mass is 10.2. The van der Waals surface area contributed by atoms with Gasteiger partial charge in [-0.15, -0.1) is 12.6 Å². The predicted molar refractivity (Wildman–Crippen MR) is 82.2 cm³/mol. The smallest absolute Gasteiger partial charge is 0.299 e. The van der Waals surface area contributed by atoms with E-state index in [0.29, 0.717) is 10.6 Å². The summed E-state index contributed by atoms with van der Waals surface area (Å²) < 4.78 is 24.4. The van der Waals surface area contributed by atoms with Crippen molar-refractivity contribution in [1.29, 1.82) is 0 Å². The maximum absolute atomic E-state index is 10.5. The molecule has 2 rings (SSSR count). The molecule has 0 aromatic heterocycles. The zero-order valence-electron chi connectivity index (χ0n) is 10.1. The summed E-state index contributed by atoms with van der Waals surface area (Å²) in [6.07, 6.45) is 0. The first-order valence-electron chi connectivity index (χ1n) is 5.35. The Hall–Kier alpha value is -1.50. The first-order valence-corrected chi connectivity index (χ1v) is 7.27. The van der Waals surface area contributed by atoms with Gasteiger partial charge >= 0.3 is 0 Å². The molecule has 20 heavy (non-hydrogen) atoms. The van der Waals surface area contributed by atoms with Gasteiger partial charge in [0.2, 0.25) is 5.12 Å². The maximum Gasteiger partial charge on any atom is 0.299 e. The van der Waals surface area contributed by atoms with Crippen molar-refractivity contribution < 1.29 is 17.4 Å². The molecule has 0 spiro atoms. The summed E-state index contributed by atoms with van der Waals surface area (Å²) in [4.78, 5) is 10.5. The molecule has 4 nitrogen and oxygen atoms in total. The van der Waals surface area contributed by atoms with Crippen LogP contribution in [-0.4, -0.2) is 13.5 Å². The Morgan fingerprint density at radius 2 is 1.55 bits per heavy atom. The van der Waals surface area contributed by atoms with Gasteiger partial charge in [0.15, 0.2) is 0 Å². The average Bonchev–Trinajstić information content (AvgIpc) is 2.43.